The number of ether oxygens (including phenoxy) is 1. The molecule has 0 aromatic rings. The van der Waals surface area contributed by atoms with Crippen LogP contribution in [0.2, 0.25) is 0 Å². The van der Waals surface area contributed by atoms with Crippen molar-refractivity contribution < 1.29 is 9.53 Å². The molecule has 0 saturated heterocycles. The van der Waals surface area contributed by atoms with Crippen LogP contribution in [0.5, 0.6) is 0 Å². The van der Waals surface area contributed by atoms with Crippen LogP contribution < -0.4 is 5.32 Å². The Bertz CT molecular complexity index is 228. The second-order valence-corrected chi connectivity index (χ2v) is 5.80. The standard InChI is InChI=1S/C14H27NO2/c1-4-17-13(16)6-5-11-15-12-7-9-14(2,3)10-8-12/h12,15H,4-11H2,1-3H3. The van der Waals surface area contributed by atoms with Crippen molar-refractivity contribution in [2.45, 2.75) is 65.3 Å². The van der Waals surface area contributed by atoms with Crippen LogP contribution in [-0.4, -0.2) is 25.2 Å². The largest absolute Gasteiger partial charge is 0.466 e. The summed E-state index contributed by atoms with van der Waals surface area (Å²) in [7, 11) is 0. The van der Waals surface area contributed by atoms with E-state index < -0.39 is 0 Å². The maximum atomic E-state index is 11.1. The number of carbonyl (C=O) groups is 1. The first kappa shape index (κ1) is 14.5. The molecule has 3 nitrogen and oxygen atoms in total. The van der Waals surface area contributed by atoms with Crippen LogP contribution in [0.15, 0.2) is 0 Å². The third kappa shape index (κ3) is 6.06. The summed E-state index contributed by atoms with van der Waals surface area (Å²) >= 11 is 0. The normalized spacial score (nSPS) is 20.2. The van der Waals surface area contributed by atoms with Crippen molar-refractivity contribution in [3.05, 3.63) is 0 Å². The van der Waals surface area contributed by atoms with Gasteiger partial charge in [0.05, 0.1) is 6.61 Å². The van der Waals surface area contributed by atoms with Gasteiger partial charge >= 0.3 is 5.97 Å². The van der Waals surface area contributed by atoms with Gasteiger partial charge < -0.3 is 10.1 Å². The van der Waals surface area contributed by atoms with Crippen LogP contribution in [0.4, 0.5) is 0 Å². The molecule has 0 unspecified atom stereocenters. The van der Waals surface area contributed by atoms with Gasteiger partial charge in [-0.15, -0.1) is 0 Å². The molecule has 3 heteroatoms. The van der Waals surface area contributed by atoms with E-state index in [9.17, 15) is 4.79 Å². The molecule has 1 saturated carbocycles. The fourth-order valence-electron chi connectivity index (χ4n) is 2.38. The van der Waals surface area contributed by atoms with Crippen LogP contribution in [0.25, 0.3) is 0 Å². The Labute approximate surface area is 105 Å². The van der Waals surface area contributed by atoms with E-state index in [-0.39, 0.29) is 5.97 Å². The fourth-order valence-corrected chi connectivity index (χ4v) is 2.38. The highest BCUT2D eigenvalue weighted by Gasteiger charge is 2.26. The Hall–Kier alpha value is -0.570. The van der Waals surface area contributed by atoms with Gasteiger partial charge in [-0.25, -0.2) is 0 Å². The van der Waals surface area contributed by atoms with Gasteiger partial charge in [-0.2, -0.15) is 0 Å². The lowest BCUT2D eigenvalue weighted by Gasteiger charge is -2.34. The van der Waals surface area contributed by atoms with Crippen LogP contribution >= 0.6 is 0 Å². The second kappa shape index (κ2) is 7.00. The number of nitrogens with one attached hydrogen (secondary N) is 1. The summed E-state index contributed by atoms with van der Waals surface area (Å²) in [5.41, 5.74) is 0.531. The highest BCUT2D eigenvalue weighted by Crippen LogP contribution is 2.34. The zero-order valence-corrected chi connectivity index (χ0v) is 11.6. The molecule has 1 aliphatic rings. The van der Waals surface area contributed by atoms with Crippen LogP contribution in [0.1, 0.15) is 59.3 Å². The van der Waals surface area contributed by atoms with E-state index in [0.29, 0.717) is 24.5 Å². The lowest BCUT2D eigenvalue weighted by Crippen LogP contribution is -2.36. The first-order valence-corrected chi connectivity index (χ1v) is 6.92. The summed E-state index contributed by atoms with van der Waals surface area (Å²) in [6.45, 7) is 7.97. The highest BCUT2D eigenvalue weighted by atomic mass is 16.5. The minimum Gasteiger partial charge on any atom is -0.466 e. The molecule has 0 aliphatic heterocycles. The van der Waals surface area contributed by atoms with Gasteiger partial charge in [-0.3, -0.25) is 4.79 Å². The Morgan fingerprint density at radius 1 is 1.35 bits per heavy atom. The third-order valence-electron chi connectivity index (χ3n) is 3.64. The first-order valence-electron chi connectivity index (χ1n) is 6.92. The van der Waals surface area contributed by atoms with E-state index in [0.717, 1.165) is 13.0 Å². The van der Waals surface area contributed by atoms with Crippen molar-refractivity contribution in [2.75, 3.05) is 13.2 Å². The van der Waals surface area contributed by atoms with Crippen LogP contribution in [0.3, 0.4) is 0 Å². The van der Waals surface area contributed by atoms with E-state index in [1.165, 1.54) is 25.7 Å². The molecule has 0 aromatic carbocycles. The molecule has 1 aliphatic carbocycles. The molecule has 0 bridgehead atoms. The summed E-state index contributed by atoms with van der Waals surface area (Å²) in [5.74, 6) is -0.0703. The molecule has 0 amide bonds. The predicted molar refractivity (Wildman–Crippen MR) is 69.9 cm³/mol. The molecule has 0 heterocycles. The summed E-state index contributed by atoms with van der Waals surface area (Å²) in [6, 6.07) is 0.658. The SMILES string of the molecule is CCOC(=O)CCCNC1CCC(C)(C)CC1. The van der Waals surface area contributed by atoms with Gasteiger partial charge in [-0.1, -0.05) is 13.8 Å². The van der Waals surface area contributed by atoms with Crippen molar-refractivity contribution >= 4 is 5.97 Å². The van der Waals surface area contributed by atoms with Crippen LogP contribution in [0, 0.1) is 5.41 Å². The van der Waals surface area contributed by atoms with E-state index in [2.05, 4.69) is 19.2 Å². The molecule has 1 fully saturated rings. The zero-order valence-electron chi connectivity index (χ0n) is 11.6. The number of hydrogen-bond donors (Lipinski definition) is 1. The Morgan fingerprint density at radius 2 is 2.00 bits per heavy atom. The molecule has 0 aromatic heterocycles. The average Bonchev–Trinajstić information content (AvgIpc) is 2.27. The molecule has 0 radical (unpaired) electrons. The Balaban J connectivity index is 2.02. The van der Waals surface area contributed by atoms with Gasteiger partial charge in [0.2, 0.25) is 0 Å². The van der Waals surface area contributed by atoms with E-state index >= 15 is 0 Å². The maximum Gasteiger partial charge on any atom is 0.305 e. The van der Waals surface area contributed by atoms with Crippen molar-refractivity contribution in [3.63, 3.8) is 0 Å². The summed E-state index contributed by atoms with van der Waals surface area (Å²) in [6.07, 6.45) is 6.58. The molecule has 1 N–H and O–H groups in total. The van der Waals surface area contributed by atoms with Gasteiger partial charge in [-0.05, 0) is 51.0 Å². The van der Waals surface area contributed by atoms with E-state index in [4.69, 9.17) is 4.74 Å². The topological polar surface area (TPSA) is 38.3 Å². The molecule has 17 heavy (non-hydrogen) atoms. The lowest BCUT2D eigenvalue weighted by atomic mass is 9.75. The van der Waals surface area contributed by atoms with E-state index in [1.54, 1.807) is 0 Å². The minimum absolute atomic E-state index is 0.0703. The molecule has 0 spiro atoms. The first-order chi connectivity index (χ1) is 8.03. The molecule has 100 valence electrons. The monoisotopic (exact) mass is 241 g/mol. The maximum absolute atomic E-state index is 11.1. The summed E-state index contributed by atoms with van der Waals surface area (Å²) in [5, 5.41) is 3.55. The lowest BCUT2D eigenvalue weighted by molar-refractivity contribution is -0.143. The highest BCUT2D eigenvalue weighted by molar-refractivity contribution is 5.69. The summed E-state index contributed by atoms with van der Waals surface area (Å²) < 4.78 is 4.89. The number of rotatable bonds is 6. The molecule has 1 rings (SSSR count). The average molecular weight is 241 g/mol. The van der Waals surface area contributed by atoms with Crippen molar-refractivity contribution in [1.82, 2.24) is 5.32 Å². The molecular formula is C14H27NO2. The minimum atomic E-state index is -0.0703. The zero-order chi connectivity index (χ0) is 12.7. The number of hydrogen-bond acceptors (Lipinski definition) is 3. The van der Waals surface area contributed by atoms with Gasteiger partial charge in [0.25, 0.3) is 0 Å². The second-order valence-electron chi connectivity index (χ2n) is 5.80. The predicted octanol–water partition coefficient (Wildman–Crippen LogP) is 2.89. The van der Waals surface area contributed by atoms with E-state index in [1.807, 2.05) is 6.92 Å². The molecule has 0 atom stereocenters. The number of esters is 1. The van der Waals surface area contributed by atoms with Gasteiger partial charge in [0, 0.05) is 12.5 Å². The molecular weight excluding hydrogens is 214 g/mol. The quantitative estimate of drug-likeness (QED) is 0.574. The van der Waals surface area contributed by atoms with Crippen molar-refractivity contribution in [2.24, 2.45) is 5.41 Å². The Kier molecular flexibility index (Phi) is 5.96. The van der Waals surface area contributed by atoms with Crippen LogP contribution in [-0.2, 0) is 9.53 Å². The smallest absolute Gasteiger partial charge is 0.305 e. The van der Waals surface area contributed by atoms with Crippen molar-refractivity contribution in [1.29, 1.82) is 0 Å². The Morgan fingerprint density at radius 3 is 2.59 bits per heavy atom. The van der Waals surface area contributed by atoms with Gasteiger partial charge in [0.1, 0.15) is 0 Å². The third-order valence-corrected chi connectivity index (χ3v) is 3.64. The fraction of sp³-hybridized carbons (Fsp3) is 0.929. The van der Waals surface area contributed by atoms with Crippen molar-refractivity contribution in [3.8, 4) is 0 Å². The summed E-state index contributed by atoms with van der Waals surface area (Å²) in [4.78, 5) is 11.1. The van der Waals surface area contributed by atoms with Gasteiger partial charge in [0.15, 0.2) is 0 Å². The number of carbonyl (C=O) groups excluding carboxylic acids is 1.